The highest BCUT2D eigenvalue weighted by molar-refractivity contribution is 9.10. The first-order chi connectivity index (χ1) is 8.56. The molecule has 0 aliphatic heterocycles. The predicted molar refractivity (Wildman–Crippen MR) is 73.2 cm³/mol. The third-order valence-corrected chi connectivity index (χ3v) is 3.07. The van der Waals surface area contributed by atoms with Gasteiger partial charge in [0.2, 0.25) is 0 Å². The second kappa shape index (κ2) is 5.31. The number of nitrogens with one attached hydrogen (secondary N) is 1. The predicted octanol–water partition coefficient (Wildman–Crippen LogP) is 4.15. The fourth-order valence-electron chi connectivity index (χ4n) is 1.56. The highest BCUT2D eigenvalue weighted by atomic mass is 79.9. The molecule has 2 aromatic carbocycles. The van der Waals surface area contributed by atoms with Crippen LogP contribution in [-0.2, 0) is 0 Å². The molecule has 0 aromatic heterocycles. The molecule has 1 N–H and O–H groups in total. The van der Waals surface area contributed by atoms with Crippen LogP contribution in [0.25, 0.3) is 0 Å². The fourth-order valence-corrected chi connectivity index (χ4v) is 1.94. The highest BCUT2D eigenvalue weighted by Gasteiger charge is 2.08. The Bertz CT molecular complexity index is 598. The number of hydrogen-bond donors (Lipinski definition) is 1. The van der Waals surface area contributed by atoms with Crippen molar-refractivity contribution in [3.63, 3.8) is 0 Å². The van der Waals surface area contributed by atoms with Crippen molar-refractivity contribution in [3.8, 4) is 0 Å². The first-order valence-corrected chi connectivity index (χ1v) is 6.18. The average molecular weight is 308 g/mol. The number of rotatable bonds is 2. The van der Waals surface area contributed by atoms with Gasteiger partial charge in [-0.25, -0.2) is 4.39 Å². The number of aryl methyl sites for hydroxylation is 1. The van der Waals surface area contributed by atoms with E-state index in [-0.39, 0.29) is 16.2 Å². The second-order valence-corrected chi connectivity index (χ2v) is 4.81. The topological polar surface area (TPSA) is 29.1 Å². The molecule has 0 unspecified atom stereocenters. The molecule has 0 aliphatic rings. The van der Waals surface area contributed by atoms with Gasteiger partial charge in [0.05, 0.1) is 4.47 Å². The van der Waals surface area contributed by atoms with Crippen LogP contribution < -0.4 is 5.32 Å². The maximum atomic E-state index is 13.1. The minimum Gasteiger partial charge on any atom is -0.322 e. The molecule has 2 aromatic rings. The Morgan fingerprint density at radius 2 is 2.00 bits per heavy atom. The number of anilines is 1. The SMILES string of the molecule is Cc1cccc(NC(=O)c2ccc(F)c(Br)c2)c1. The van der Waals surface area contributed by atoms with E-state index >= 15 is 0 Å². The lowest BCUT2D eigenvalue weighted by molar-refractivity contribution is 0.102. The van der Waals surface area contributed by atoms with Crippen LogP contribution in [0.15, 0.2) is 46.9 Å². The summed E-state index contributed by atoms with van der Waals surface area (Å²) >= 11 is 3.06. The Morgan fingerprint density at radius 1 is 1.22 bits per heavy atom. The summed E-state index contributed by atoms with van der Waals surface area (Å²) in [4.78, 5) is 11.9. The minimum atomic E-state index is -0.387. The molecule has 0 aliphatic carbocycles. The average Bonchev–Trinajstić information content (AvgIpc) is 2.32. The van der Waals surface area contributed by atoms with Gasteiger partial charge < -0.3 is 5.32 Å². The Balaban J connectivity index is 2.19. The van der Waals surface area contributed by atoms with E-state index in [2.05, 4.69) is 21.2 Å². The molecular weight excluding hydrogens is 297 g/mol. The van der Waals surface area contributed by atoms with Gasteiger partial charge in [0.15, 0.2) is 0 Å². The molecule has 0 bridgehead atoms. The number of hydrogen-bond acceptors (Lipinski definition) is 1. The number of amides is 1. The summed E-state index contributed by atoms with van der Waals surface area (Å²) in [5.41, 5.74) is 2.19. The summed E-state index contributed by atoms with van der Waals surface area (Å²) in [5, 5.41) is 2.76. The van der Waals surface area contributed by atoms with Crippen molar-refractivity contribution in [2.24, 2.45) is 0 Å². The molecule has 18 heavy (non-hydrogen) atoms. The number of halogens is 2. The van der Waals surface area contributed by atoms with Crippen molar-refractivity contribution >= 4 is 27.5 Å². The van der Waals surface area contributed by atoms with Crippen LogP contribution in [0.2, 0.25) is 0 Å². The van der Waals surface area contributed by atoms with Crippen molar-refractivity contribution in [2.45, 2.75) is 6.92 Å². The van der Waals surface area contributed by atoms with E-state index in [1.807, 2.05) is 31.2 Å². The number of benzene rings is 2. The van der Waals surface area contributed by atoms with Crippen LogP contribution in [0.5, 0.6) is 0 Å². The quantitative estimate of drug-likeness (QED) is 0.887. The van der Waals surface area contributed by atoms with Gasteiger partial charge >= 0.3 is 0 Å². The van der Waals surface area contributed by atoms with Gasteiger partial charge in [-0.05, 0) is 58.7 Å². The molecular formula is C14H11BrFNO. The first kappa shape index (κ1) is 12.8. The van der Waals surface area contributed by atoms with Crippen molar-refractivity contribution < 1.29 is 9.18 Å². The lowest BCUT2D eigenvalue weighted by atomic mass is 10.2. The van der Waals surface area contributed by atoms with Gasteiger partial charge in [-0.2, -0.15) is 0 Å². The molecule has 2 rings (SSSR count). The van der Waals surface area contributed by atoms with Gasteiger partial charge in [-0.1, -0.05) is 12.1 Å². The fraction of sp³-hybridized carbons (Fsp3) is 0.0714. The smallest absolute Gasteiger partial charge is 0.255 e. The minimum absolute atomic E-state index is 0.263. The Hall–Kier alpha value is -1.68. The van der Waals surface area contributed by atoms with Crippen LogP contribution in [0.3, 0.4) is 0 Å². The van der Waals surface area contributed by atoms with Crippen LogP contribution in [0, 0.1) is 12.7 Å². The molecule has 2 nitrogen and oxygen atoms in total. The van der Waals surface area contributed by atoms with Crippen molar-refractivity contribution in [1.82, 2.24) is 0 Å². The van der Waals surface area contributed by atoms with Crippen molar-refractivity contribution in [2.75, 3.05) is 5.32 Å². The van der Waals surface area contributed by atoms with E-state index in [1.165, 1.54) is 18.2 Å². The summed E-state index contributed by atoms with van der Waals surface area (Å²) in [7, 11) is 0. The summed E-state index contributed by atoms with van der Waals surface area (Å²) in [6.07, 6.45) is 0. The van der Waals surface area contributed by atoms with Crippen LogP contribution >= 0.6 is 15.9 Å². The van der Waals surface area contributed by atoms with Crippen LogP contribution in [-0.4, -0.2) is 5.91 Å². The molecule has 0 radical (unpaired) electrons. The number of carbonyl (C=O) groups excluding carboxylic acids is 1. The summed E-state index contributed by atoms with van der Waals surface area (Å²) in [6.45, 7) is 1.95. The Morgan fingerprint density at radius 3 is 2.67 bits per heavy atom. The van der Waals surface area contributed by atoms with E-state index in [1.54, 1.807) is 0 Å². The van der Waals surface area contributed by atoms with Gasteiger partial charge in [-0.3, -0.25) is 4.79 Å². The van der Waals surface area contributed by atoms with E-state index < -0.39 is 0 Å². The number of carbonyl (C=O) groups is 1. The standard InChI is InChI=1S/C14H11BrFNO/c1-9-3-2-4-11(7-9)17-14(18)10-5-6-13(16)12(15)8-10/h2-8H,1H3,(H,17,18). The van der Waals surface area contributed by atoms with Gasteiger partial charge in [-0.15, -0.1) is 0 Å². The van der Waals surface area contributed by atoms with Crippen LogP contribution in [0.4, 0.5) is 10.1 Å². The molecule has 0 saturated heterocycles. The maximum absolute atomic E-state index is 13.1. The van der Waals surface area contributed by atoms with E-state index in [4.69, 9.17) is 0 Å². The van der Waals surface area contributed by atoms with Crippen LogP contribution in [0.1, 0.15) is 15.9 Å². The summed E-state index contributed by atoms with van der Waals surface area (Å²) in [6, 6.07) is 11.7. The monoisotopic (exact) mass is 307 g/mol. The van der Waals surface area contributed by atoms with E-state index in [9.17, 15) is 9.18 Å². The normalized spacial score (nSPS) is 10.2. The third-order valence-electron chi connectivity index (χ3n) is 2.46. The maximum Gasteiger partial charge on any atom is 0.255 e. The van der Waals surface area contributed by atoms with Crippen molar-refractivity contribution in [1.29, 1.82) is 0 Å². The Kier molecular flexibility index (Phi) is 3.77. The second-order valence-electron chi connectivity index (χ2n) is 3.95. The van der Waals surface area contributed by atoms with Gasteiger partial charge in [0, 0.05) is 11.3 Å². The molecule has 0 heterocycles. The van der Waals surface area contributed by atoms with E-state index in [0.29, 0.717) is 5.56 Å². The summed E-state index contributed by atoms with van der Waals surface area (Å²) < 4.78 is 13.3. The molecule has 0 spiro atoms. The zero-order valence-corrected chi connectivity index (χ0v) is 11.3. The molecule has 0 atom stereocenters. The summed E-state index contributed by atoms with van der Waals surface area (Å²) in [5.74, 6) is -0.650. The van der Waals surface area contributed by atoms with Crippen molar-refractivity contribution in [3.05, 3.63) is 63.9 Å². The highest BCUT2D eigenvalue weighted by Crippen LogP contribution is 2.18. The lowest BCUT2D eigenvalue weighted by Gasteiger charge is -2.06. The zero-order valence-electron chi connectivity index (χ0n) is 9.71. The lowest BCUT2D eigenvalue weighted by Crippen LogP contribution is -2.12. The largest absolute Gasteiger partial charge is 0.322 e. The third kappa shape index (κ3) is 2.96. The van der Waals surface area contributed by atoms with Gasteiger partial charge in [0.25, 0.3) is 5.91 Å². The molecule has 92 valence electrons. The van der Waals surface area contributed by atoms with Gasteiger partial charge in [0.1, 0.15) is 5.82 Å². The molecule has 1 amide bonds. The molecule has 4 heteroatoms. The first-order valence-electron chi connectivity index (χ1n) is 5.39. The zero-order chi connectivity index (χ0) is 13.1. The molecule has 0 saturated carbocycles. The van der Waals surface area contributed by atoms with E-state index in [0.717, 1.165) is 11.3 Å². The molecule has 0 fully saturated rings. The Labute approximate surface area is 113 Å².